The number of hydrogen-bond acceptors (Lipinski definition) is 5. The van der Waals surface area contributed by atoms with Crippen LogP contribution in [0.15, 0.2) is 24.3 Å². The van der Waals surface area contributed by atoms with Gasteiger partial charge in [0.25, 0.3) is 11.6 Å². The fourth-order valence-electron chi connectivity index (χ4n) is 1.35. The first-order chi connectivity index (χ1) is 8.65. The minimum absolute atomic E-state index is 0.0936. The molecule has 18 heavy (non-hydrogen) atoms. The van der Waals surface area contributed by atoms with E-state index in [0.29, 0.717) is 26.2 Å². The third kappa shape index (κ3) is 4.48. The Kier molecular flexibility index (Phi) is 5.75. The summed E-state index contributed by atoms with van der Waals surface area (Å²) in [5.41, 5.74) is 5.48. The van der Waals surface area contributed by atoms with Crippen molar-refractivity contribution >= 4 is 11.6 Å². The summed E-state index contributed by atoms with van der Waals surface area (Å²) in [7, 11) is 0. The molecule has 0 aromatic heterocycles. The van der Waals surface area contributed by atoms with Crippen LogP contribution in [-0.4, -0.2) is 37.0 Å². The zero-order valence-electron chi connectivity index (χ0n) is 9.89. The second-order valence-corrected chi connectivity index (χ2v) is 3.60. The van der Waals surface area contributed by atoms with E-state index in [-0.39, 0.29) is 17.2 Å². The second-order valence-electron chi connectivity index (χ2n) is 3.60. The van der Waals surface area contributed by atoms with Gasteiger partial charge < -0.3 is 16.4 Å². The predicted molar refractivity (Wildman–Crippen MR) is 67.4 cm³/mol. The predicted octanol–water partition coefficient (Wildman–Crippen LogP) is -0.127. The van der Waals surface area contributed by atoms with Gasteiger partial charge in [-0.25, -0.2) is 0 Å². The Bertz CT molecular complexity index is 423. The minimum atomic E-state index is -0.528. The van der Waals surface area contributed by atoms with Crippen molar-refractivity contribution < 1.29 is 9.72 Å². The van der Waals surface area contributed by atoms with E-state index >= 15 is 0 Å². The smallest absolute Gasteiger partial charge is 0.270 e. The zero-order chi connectivity index (χ0) is 13.4. The topological polar surface area (TPSA) is 110 Å². The molecule has 0 unspecified atom stereocenters. The molecule has 1 rings (SSSR count). The summed E-state index contributed by atoms with van der Waals surface area (Å²) in [4.78, 5) is 21.7. The summed E-state index contributed by atoms with van der Waals surface area (Å²) in [5, 5.41) is 16.2. The van der Waals surface area contributed by atoms with Crippen molar-refractivity contribution in [2.75, 3.05) is 26.2 Å². The molecule has 0 aliphatic rings. The molecule has 0 radical (unpaired) electrons. The number of amides is 1. The van der Waals surface area contributed by atoms with E-state index in [9.17, 15) is 14.9 Å². The van der Waals surface area contributed by atoms with Gasteiger partial charge >= 0.3 is 0 Å². The van der Waals surface area contributed by atoms with Crippen molar-refractivity contribution in [1.82, 2.24) is 10.6 Å². The SMILES string of the molecule is NCCNCCNC(=O)c1cccc([N+](=O)[O-])c1. The van der Waals surface area contributed by atoms with Crippen LogP contribution >= 0.6 is 0 Å². The van der Waals surface area contributed by atoms with Crippen LogP contribution in [0.25, 0.3) is 0 Å². The summed E-state index contributed by atoms with van der Waals surface area (Å²) in [6.45, 7) is 2.28. The van der Waals surface area contributed by atoms with Crippen LogP contribution in [0.4, 0.5) is 5.69 Å². The summed E-state index contributed by atoms with van der Waals surface area (Å²) in [5.74, 6) is -0.326. The maximum Gasteiger partial charge on any atom is 0.270 e. The largest absolute Gasteiger partial charge is 0.351 e. The Morgan fingerprint density at radius 2 is 2.11 bits per heavy atom. The molecule has 98 valence electrons. The molecule has 0 saturated carbocycles. The Hall–Kier alpha value is -1.99. The number of hydrogen-bond donors (Lipinski definition) is 3. The normalized spacial score (nSPS) is 10.1. The van der Waals surface area contributed by atoms with E-state index in [0.717, 1.165) is 0 Å². The summed E-state index contributed by atoms with van der Waals surface area (Å²) >= 11 is 0. The molecule has 0 fully saturated rings. The lowest BCUT2D eigenvalue weighted by molar-refractivity contribution is -0.384. The van der Waals surface area contributed by atoms with Crippen LogP contribution in [0.5, 0.6) is 0 Å². The number of non-ortho nitro benzene ring substituents is 1. The zero-order valence-corrected chi connectivity index (χ0v) is 9.89. The highest BCUT2D eigenvalue weighted by Gasteiger charge is 2.10. The maximum atomic E-state index is 11.7. The summed E-state index contributed by atoms with van der Waals surface area (Å²) in [6.07, 6.45) is 0. The number of carbonyl (C=O) groups excluding carboxylic acids is 1. The Morgan fingerprint density at radius 1 is 1.33 bits per heavy atom. The molecule has 1 aromatic carbocycles. The number of rotatable bonds is 7. The van der Waals surface area contributed by atoms with Gasteiger partial charge in [0.1, 0.15) is 0 Å². The molecule has 0 atom stereocenters. The van der Waals surface area contributed by atoms with Crippen molar-refractivity contribution in [3.8, 4) is 0 Å². The van der Waals surface area contributed by atoms with E-state index in [2.05, 4.69) is 10.6 Å². The van der Waals surface area contributed by atoms with E-state index in [4.69, 9.17) is 5.73 Å². The van der Waals surface area contributed by atoms with Crippen molar-refractivity contribution in [2.45, 2.75) is 0 Å². The Labute approximate surface area is 105 Å². The van der Waals surface area contributed by atoms with Crippen LogP contribution in [0.1, 0.15) is 10.4 Å². The fraction of sp³-hybridized carbons (Fsp3) is 0.364. The fourth-order valence-corrected chi connectivity index (χ4v) is 1.35. The molecule has 0 spiro atoms. The second kappa shape index (κ2) is 7.36. The number of nitrogens with one attached hydrogen (secondary N) is 2. The molecule has 0 saturated heterocycles. The molecular weight excluding hydrogens is 236 g/mol. The standard InChI is InChI=1S/C11H16N4O3/c12-4-5-13-6-7-14-11(16)9-2-1-3-10(8-9)15(17)18/h1-3,8,13H,4-7,12H2,(H,14,16). The van der Waals surface area contributed by atoms with Gasteiger partial charge in [0.05, 0.1) is 4.92 Å². The molecule has 0 aliphatic heterocycles. The maximum absolute atomic E-state index is 11.7. The van der Waals surface area contributed by atoms with E-state index in [1.165, 1.54) is 24.3 Å². The highest BCUT2D eigenvalue weighted by atomic mass is 16.6. The highest BCUT2D eigenvalue weighted by molar-refractivity contribution is 5.94. The van der Waals surface area contributed by atoms with Gasteiger partial charge in [-0.1, -0.05) is 6.07 Å². The van der Waals surface area contributed by atoms with Crippen LogP contribution in [0.2, 0.25) is 0 Å². The van der Waals surface area contributed by atoms with Gasteiger partial charge in [0.2, 0.25) is 0 Å². The van der Waals surface area contributed by atoms with Gasteiger partial charge in [0, 0.05) is 43.9 Å². The quantitative estimate of drug-likeness (QED) is 0.356. The Morgan fingerprint density at radius 3 is 2.78 bits per heavy atom. The van der Waals surface area contributed by atoms with Crippen molar-refractivity contribution in [1.29, 1.82) is 0 Å². The molecule has 0 heterocycles. The van der Waals surface area contributed by atoms with Gasteiger partial charge in [-0.2, -0.15) is 0 Å². The number of nitrogens with zero attached hydrogens (tertiary/aromatic N) is 1. The first kappa shape index (κ1) is 14.1. The van der Waals surface area contributed by atoms with Gasteiger partial charge in [-0.15, -0.1) is 0 Å². The van der Waals surface area contributed by atoms with Crippen LogP contribution < -0.4 is 16.4 Å². The molecular formula is C11H16N4O3. The summed E-state index contributed by atoms with van der Waals surface area (Å²) < 4.78 is 0. The van der Waals surface area contributed by atoms with Crippen LogP contribution in [0, 0.1) is 10.1 Å². The first-order valence-electron chi connectivity index (χ1n) is 5.58. The number of nitro benzene ring substituents is 1. The van der Waals surface area contributed by atoms with Gasteiger partial charge in [-0.3, -0.25) is 14.9 Å². The molecule has 0 aliphatic carbocycles. The molecule has 1 amide bonds. The van der Waals surface area contributed by atoms with Crippen molar-refractivity contribution in [3.63, 3.8) is 0 Å². The average molecular weight is 252 g/mol. The number of nitrogens with two attached hydrogens (primary N) is 1. The molecule has 0 bridgehead atoms. The van der Waals surface area contributed by atoms with Gasteiger partial charge in [-0.05, 0) is 6.07 Å². The van der Waals surface area contributed by atoms with E-state index in [1.54, 1.807) is 0 Å². The number of benzene rings is 1. The van der Waals surface area contributed by atoms with E-state index < -0.39 is 4.92 Å². The lowest BCUT2D eigenvalue weighted by atomic mass is 10.2. The lowest BCUT2D eigenvalue weighted by Crippen LogP contribution is -2.33. The molecule has 7 heteroatoms. The van der Waals surface area contributed by atoms with E-state index in [1.807, 2.05) is 0 Å². The number of nitro groups is 1. The summed E-state index contributed by atoms with van der Waals surface area (Å²) in [6, 6.07) is 5.62. The molecule has 4 N–H and O–H groups in total. The first-order valence-corrected chi connectivity index (χ1v) is 5.58. The van der Waals surface area contributed by atoms with Crippen molar-refractivity contribution in [2.24, 2.45) is 5.73 Å². The lowest BCUT2D eigenvalue weighted by Gasteiger charge is -2.05. The van der Waals surface area contributed by atoms with Crippen molar-refractivity contribution in [3.05, 3.63) is 39.9 Å². The Balaban J connectivity index is 2.46. The van der Waals surface area contributed by atoms with Crippen LogP contribution in [0.3, 0.4) is 0 Å². The minimum Gasteiger partial charge on any atom is -0.351 e. The third-order valence-corrected chi connectivity index (χ3v) is 2.23. The average Bonchev–Trinajstić information content (AvgIpc) is 2.38. The molecule has 1 aromatic rings. The van der Waals surface area contributed by atoms with Gasteiger partial charge in [0.15, 0.2) is 0 Å². The monoisotopic (exact) mass is 252 g/mol. The van der Waals surface area contributed by atoms with Crippen LogP contribution in [-0.2, 0) is 0 Å². The highest BCUT2D eigenvalue weighted by Crippen LogP contribution is 2.12. The third-order valence-electron chi connectivity index (χ3n) is 2.23. The molecule has 7 nitrogen and oxygen atoms in total. The number of carbonyl (C=O) groups is 1.